The van der Waals surface area contributed by atoms with Gasteiger partial charge in [-0.25, -0.2) is 4.79 Å². The highest BCUT2D eigenvalue weighted by atomic mass is 79.9. The van der Waals surface area contributed by atoms with Crippen LogP contribution >= 0.6 is 15.9 Å². The number of hydrogen-bond acceptors (Lipinski definition) is 3. The lowest BCUT2D eigenvalue weighted by atomic mass is 10.2. The summed E-state index contributed by atoms with van der Waals surface area (Å²) in [6.07, 6.45) is 1.50. The number of carbonyl (C=O) groups is 2. The monoisotopic (exact) mass is 337 g/mol. The second-order valence-electron chi connectivity index (χ2n) is 4.16. The SMILES string of the molecule is COc1ccc(Br)cc1-n1cc(C(C)=O)cc1C(=O)O. The van der Waals surface area contributed by atoms with Gasteiger partial charge in [-0.05, 0) is 31.2 Å². The van der Waals surface area contributed by atoms with Crippen molar-refractivity contribution in [3.8, 4) is 11.4 Å². The first-order valence-corrected chi connectivity index (χ1v) is 6.54. The first kappa shape index (κ1) is 14.3. The van der Waals surface area contributed by atoms with Crippen LogP contribution in [0.15, 0.2) is 34.9 Å². The van der Waals surface area contributed by atoms with E-state index in [0.29, 0.717) is 17.0 Å². The molecule has 0 aliphatic rings. The Hall–Kier alpha value is -2.08. The smallest absolute Gasteiger partial charge is 0.352 e. The van der Waals surface area contributed by atoms with E-state index >= 15 is 0 Å². The highest BCUT2D eigenvalue weighted by Gasteiger charge is 2.18. The molecule has 5 nitrogen and oxygen atoms in total. The summed E-state index contributed by atoms with van der Waals surface area (Å²) < 4.78 is 7.45. The van der Waals surface area contributed by atoms with Gasteiger partial charge < -0.3 is 14.4 Å². The van der Waals surface area contributed by atoms with Crippen LogP contribution in [-0.2, 0) is 0 Å². The van der Waals surface area contributed by atoms with Crippen LogP contribution in [0.5, 0.6) is 5.75 Å². The maximum Gasteiger partial charge on any atom is 0.352 e. The fraction of sp³-hybridized carbons (Fsp3) is 0.143. The third-order valence-electron chi connectivity index (χ3n) is 2.85. The molecular weight excluding hydrogens is 326 g/mol. The van der Waals surface area contributed by atoms with Gasteiger partial charge in [-0.3, -0.25) is 4.79 Å². The van der Waals surface area contributed by atoms with Gasteiger partial charge in [0.05, 0.1) is 12.8 Å². The lowest BCUT2D eigenvalue weighted by Gasteiger charge is -2.11. The van der Waals surface area contributed by atoms with Crippen molar-refractivity contribution in [3.63, 3.8) is 0 Å². The Balaban J connectivity index is 2.71. The number of methoxy groups -OCH3 is 1. The largest absolute Gasteiger partial charge is 0.495 e. The van der Waals surface area contributed by atoms with Gasteiger partial charge in [-0.2, -0.15) is 0 Å². The predicted octanol–water partition coefficient (Wildman–Crippen LogP) is 3.15. The number of halogens is 1. The molecule has 1 N–H and O–H groups in total. The molecule has 0 aliphatic carbocycles. The molecule has 0 saturated heterocycles. The Morgan fingerprint density at radius 3 is 2.55 bits per heavy atom. The first-order valence-electron chi connectivity index (χ1n) is 5.74. The van der Waals surface area contributed by atoms with E-state index < -0.39 is 5.97 Å². The van der Waals surface area contributed by atoms with Gasteiger partial charge in [0.25, 0.3) is 0 Å². The van der Waals surface area contributed by atoms with E-state index in [0.717, 1.165) is 4.47 Å². The molecule has 0 saturated carbocycles. The number of hydrogen-bond donors (Lipinski definition) is 1. The summed E-state index contributed by atoms with van der Waals surface area (Å²) in [7, 11) is 1.50. The molecule has 20 heavy (non-hydrogen) atoms. The minimum Gasteiger partial charge on any atom is -0.495 e. The summed E-state index contributed by atoms with van der Waals surface area (Å²) in [5.74, 6) is -0.791. The molecule has 0 bridgehead atoms. The lowest BCUT2D eigenvalue weighted by molar-refractivity contribution is 0.0688. The third kappa shape index (κ3) is 2.60. The van der Waals surface area contributed by atoms with Gasteiger partial charge in [-0.15, -0.1) is 0 Å². The topological polar surface area (TPSA) is 68.5 Å². The van der Waals surface area contributed by atoms with E-state index in [9.17, 15) is 14.7 Å². The van der Waals surface area contributed by atoms with E-state index in [1.165, 1.54) is 30.9 Å². The normalized spacial score (nSPS) is 10.3. The number of carbonyl (C=O) groups excluding carboxylic acids is 1. The van der Waals surface area contributed by atoms with Crippen molar-refractivity contribution in [2.45, 2.75) is 6.92 Å². The van der Waals surface area contributed by atoms with Crippen LogP contribution in [0, 0.1) is 0 Å². The minimum absolute atomic E-state index is 0.00611. The highest BCUT2D eigenvalue weighted by Crippen LogP contribution is 2.29. The standard InChI is InChI=1S/C14H12BrNO4/c1-8(17)9-5-12(14(18)19)16(7-9)11-6-10(15)3-4-13(11)20-2/h3-7H,1-2H3,(H,18,19). The predicted molar refractivity (Wildman–Crippen MR) is 77.0 cm³/mol. The van der Waals surface area contributed by atoms with Gasteiger partial charge in [0.1, 0.15) is 11.4 Å². The molecule has 6 heteroatoms. The number of ether oxygens (including phenoxy) is 1. The maximum absolute atomic E-state index is 11.4. The molecule has 2 aromatic rings. The second-order valence-corrected chi connectivity index (χ2v) is 5.08. The highest BCUT2D eigenvalue weighted by molar-refractivity contribution is 9.10. The molecule has 1 heterocycles. The number of aromatic carboxylic acids is 1. The van der Waals surface area contributed by atoms with Gasteiger partial charge >= 0.3 is 5.97 Å². The molecule has 0 spiro atoms. The third-order valence-corrected chi connectivity index (χ3v) is 3.34. The maximum atomic E-state index is 11.4. The van der Waals surface area contributed by atoms with Crippen molar-refractivity contribution >= 4 is 27.7 Å². The number of nitrogens with zero attached hydrogens (tertiary/aromatic N) is 1. The zero-order valence-electron chi connectivity index (χ0n) is 10.9. The van der Waals surface area contributed by atoms with Crippen molar-refractivity contribution in [3.05, 3.63) is 46.2 Å². The Morgan fingerprint density at radius 2 is 2.00 bits per heavy atom. The number of ketones is 1. The summed E-state index contributed by atoms with van der Waals surface area (Å²) in [6, 6.07) is 6.59. The van der Waals surface area contributed by atoms with Crippen molar-refractivity contribution in [2.75, 3.05) is 7.11 Å². The van der Waals surface area contributed by atoms with Crippen LogP contribution in [0.3, 0.4) is 0 Å². The molecular formula is C14H12BrNO4. The summed E-state index contributed by atoms with van der Waals surface area (Å²) in [5.41, 5.74) is 0.891. The lowest BCUT2D eigenvalue weighted by Crippen LogP contribution is -2.06. The Bertz CT molecular complexity index is 690. The average molecular weight is 338 g/mol. The number of Topliss-reactive ketones (excluding diaryl/α,β-unsaturated/α-hetero) is 1. The fourth-order valence-electron chi connectivity index (χ4n) is 1.87. The molecule has 2 rings (SSSR count). The molecule has 0 aliphatic heterocycles. The van der Waals surface area contributed by atoms with Crippen LogP contribution in [-0.4, -0.2) is 28.5 Å². The molecule has 0 fully saturated rings. The van der Waals surface area contributed by atoms with Gasteiger partial charge in [0.2, 0.25) is 0 Å². The number of carboxylic acid groups (broad SMARTS) is 1. The van der Waals surface area contributed by atoms with Crippen molar-refractivity contribution in [1.29, 1.82) is 0 Å². The Kier molecular flexibility index (Phi) is 3.94. The summed E-state index contributed by atoms with van der Waals surface area (Å²) in [6.45, 7) is 1.39. The summed E-state index contributed by atoms with van der Waals surface area (Å²) >= 11 is 3.34. The van der Waals surface area contributed by atoms with Crippen LogP contribution in [0.25, 0.3) is 5.69 Å². The average Bonchev–Trinajstić information content (AvgIpc) is 2.83. The Labute approximate surface area is 123 Å². The van der Waals surface area contributed by atoms with Gasteiger partial charge in [-0.1, -0.05) is 15.9 Å². The van der Waals surface area contributed by atoms with Crippen LogP contribution in [0.2, 0.25) is 0 Å². The number of rotatable bonds is 4. The Morgan fingerprint density at radius 1 is 1.30 bits per heavy atom. The summed E-state index contributed by atoms with van der Waals surface area (Å²) in [4.78, 5) is 22.8. The van der Waals surface area contributed by atoms with E-state index in [1.807, 2.05) is 0 Å². The number of aromatic nitrogens is 1. The van der Waals surface area contributed by atoms with Crippen LogP contribution in [0.1, 0.15) is 27.8 Å². The molecule has 0 amide bonds. The molecule has 104 valence electrons. The van der Waals surface area contributed by atoms with E-state index in [2.05, 4.69) is 15.9 Å². The second kappa shape index (κ2) is 5.50. The van der Waals surface area contributed by atoms with Crippen LogP contribution in [0.4, 0.5) is 0 Å². The fourth-order valence-corrected chi connectivity index (χ4v) is 2.22. The van der Waals surface area contributed by atoms with E-state index in [-0.39, 0.29) is 11.5 Å². The van der Waals surface area contributed by atoms with Crippen molar-refractivity contribution in [1.82, 2.24) is 4.57 Å². The van der Waals surface area contributed by atoms with Crippen molar-refractivity contribution < 1.29 is 19.4 Å². The van der Waals surface area contributed by atoms with Gasteiger partial charge in [0.15, 0.2) is 5.78 Å². The van der Waals surface area contributed by atoms with Gasteiger partial charge in [0, 0.05) is 16.2 Å². The molecule has 0 radical (unpaired) electrons. The summed E-state index contributed by atoms with van der Waals surface area (Å²) in [5, 5.41) is 9.27. The zero-order chi connectivity index (χ0) is 14.9. The quantitative estimate of drug-likeness (QED) is 0.870. The first-order chi connectivity index (χ1) is 9.43. The number of carboxylic acids is 1. The molecule has 1 aromatic heterocycles. The van der Waals surface area contributed by atoms with Crippen LogP contribution < -0.4 is 4.74 Å². The molecule has 0 atom stereocenters. The molecule has 1 aromatic carbocycles. The minimum atomic E-state index is -1.11. The van der Waals surface area contributed by atoms with E-state index in [1.54, 1.807) is 18.2 Å². The molecule has 0 unspecified atom stereocenters. The zero-order valence-corrected chi connectivity index (χ0v) is 12.5. The van der Waals surface area contributed by atoms with Crippen molar-refractivity contribution in [2.24, 2.45) is 0 Å². The van der Waals surface area contributed by atoms with E-state index in [4.69, 9.17) is 4.74 Å². The number of benzene rings is 1.